The van der Waals surface area contributed by atoms with Crippen LogP contribution in [0.25, 0.3) is 60.6 Å². The van der Waals surface area contributed by atoms with E-state index in [9.17, 15) is 0 Å². The maximum absolute atomic E-state index is 8.35. The van der Waals surface area contributed by atoms with Crippen LogP contribution in [-0.4, -0.2) is 14.5 Å². The number of aromatic nitrogens is 3. The van der Waals surface area contributed by atoms with Gasteiger partial charge in [-0.1, -0.05) is 91.0 Å². The van der Waals surface area contributed by atoms with Crippen LogP contribution in [0.3, 0.4) is 0 Å². The summed E-state index contributed by atoms with van der Waals surface area (Å²) in [5, 5.41) is 3.97. The van der Waals surface area contributed by atoms with Gasteiger partial charge >= 0.3 is 0 Å². The second-order valence-electron chi connectivity index (χ2n) is 8.83. The van der Waals surface area contributed by atoms with E-state index in [-0.39, 0.29) is 5.82 Å². The number of para-hydroxylation sites is 2. The Labute approximate surface area is 213 Å². The van der Waals surface area contributed by atoms with Gasteiger partial charge < -0.3 is 0 Å². The van der Waals surface area contributed by atoms with Gasteiger partial charge in [0.1, 0.15) is 5.82 Å². The molecule has 36 heavy (non-hydrogen) atoms. The lowest BCUT2D eigenvalue weighted by Gasteiger charge is -2.20. The predicted octanol–water partition coefficient (Wildman–Crippen LogP) is 8.37. The van der Waals surface area contributed by atoms with E-state index in [1.54, 1.807) is 0 Å². The summed E-state index contributed by atoms with van der Waals surface area (Å²) in [5.41, 5.74) is 6.34. The molecule has 0 saturated heterocycles. The first-order valence-corrected chi connectivity index (χ1v) is 11.9. The van der Waals surface area contributed by atoms with Crippen molar-refractivity contribution in [1.29, 1.82) is 0 Å². The van der Waals surface area contributed by atoms with Gasteiger partial charge in [-0.05, 0) is 53.0 Å². The van der Waals surface area contributed by atoms with Crippen LogP contribution in [0, 0.1) is 6.85 Å². The molecule has 0 aliphatic heterocycles. The fourth-order valence-corrected chi connectivity index (χ4v) is 5.34. The molecule has 0 atom stereocenters. The number of imidazole rings is 1. The second-order valence-corrected chi connectivity index (χ2v) is 8.83. The van der Waals surface area contributed by atoms with Crippen LogP contribution in [-0.2, 0) is 0 Å². The fourth-order valence-electron chi connectivity index (χ4n) is 5.34. The lowest BCUT2D eigenvalue weighted by atomic mass is 9.87. The SMILES string of the molecule is [2H]C([2H])([2H])c1nc2ccccc2n1-c1c2ccccc2c(-c2ccccc2-c2ccccn2)c2ccccc12. The molecule has 0 saturated carbocycles. The lowest BCUT2D eigenvalue weighted by Crippen LogP contribution is -2.01. The van der Waals surface area contributed by atoms with Gasteiger partial charge in [0.15, 0.2) is 0 Å². The maximum Gasteiger partial charge on any atom is 0.111 e. The number of nitrogens with zero attached hydrogens (tertiary/aromatic N) is 3. The van der Waals surface area contributed by atoms with Crippen molar-refractivity contribution in [2.24, 2.45) is 0 Å². The van der Waals surface area contributed by atoms with Crippen LogP contribution in [0.1, 0.15) is 9.94 Å². The zero-order chi connectivity index (χ0) is 26.6. The van der Waals surface area contributed by atoms with E-state index in [1.807, 2.05) is 83.6 Å². The number of hydrogen-bond acceptors (Lipinski definition) is 2. The third-order valence-corrected chi connectivity index (χ3v) is 6.82. The van der Waals surface area contributed by atoms with E-state index >= 15 is 0 Å². The van der Waals surface area contributed by atoms with E-state index in [4.69, 9.17) is 4.11 Å². The summed E-state index contributed by atoms with van der Waals surface area (Å²) in [7, 11) is 0. The highest BCUT2D eigenvalue weighted by molar-refractivity contribution is 6.19. The van der Waals surface area contributed by atoms with Gasteiger partial charge in [0.2, 0.25) is 0 Å². The van der Waals surface area contributed by atoms with Crippen LogP contribution in [0.4, 0.5) is 0 Å². The van der Waals surface area contributed by atoms with Crippen LogP contribution in [0.2, 0.25) is 0 Å². The summed E-state index contributed by atoms with van der Waals surface area (Å²) < 4.78 is 26.9. The third kappa shape index (κ3) is 3.06. The van der Waals surface area contributed by atoms with E-state index in [2.05, 4.69) is 52.4 Å². The Morgan fingerprint density at radius 3 is 1.92 bits per heavy atom. The molecule has 170 valence electrons. The highest BCUT2D eigenvalue weighted by Crippen LogP contribution is 2.44. The van der Waals surface area contributed by atoms with Gasteiger partial charge in [0.05, 0.1) is 22.4 Å². The van der Waals surface area contributed by atoms with Crippen molar-refractivity contribution in [3.8, 4) is 28.1 Å². The molecule has 0 N–H and O–H groups in total. The first kappa shape index (κ1) is 17.6. The quantitative estimate of drug-likeness (QED) is 0.246. The predicted molar refractivity (Wildman–Crippen MR) is 149 cm³/mol. The molecule has 3 nitrogen and oxygen atoms in total. The molecule has 0 bridgehead atoms. The van der Waals surface area contributed by atoms with Crippen molar-refractivity contribution in [3.05, 3.63) is 127 Å². The van der Waals surface area contributed by atoms with Gasteiger partial charge in [0.25, 0.3) is 0 Å². The molecule has 0 aliphatic carbocycles. The summed E-state index contributed by atoms with van der Waals surface area (Å²) >= 11 is 0. The van der Waals surface area contributed by atoms with E-state index in [0.29, 0.717) is 5.52 Å². The summed E-state index contributed by atoms with van der Waals surface area (Å²) in [6.07, 6.45) is 1.81. The number of pyridine rings is 1. The number of aryl methyl sites for hydroxylation is 1. The smallest absolute Gasteiger partial charge is 0.111 e. The number of rotatable bonds is 3. The van der Waals surface area contributed by atoms with Gasteiger partial charge in [-0.15, -0.1) is 0 Å². The Hall–Kier alpha value is -4.76. The Morgan fingerprint density at radius 1 is 0.611 bits per heavy atom. The summed E-state index contributed by atoms with van der Waals surface area (Å²) in [6.45, 7) is -2.40. The van der Waals surface area contributed by atoms with Crippen molar-refractivity contribution in [1.82, 2.24) is 14.5 Å². The monoisotopic (exact) mass is 464 g/mol. The van der Waals surface area contributed by atoms with E-state index in [1.165, 1.54) is 0 Å². The van der Waals surface area contributed by atoms with Gasteiger partial charge in [0, 0.05) is 26.6 Å². The Bertz CT molecular complexity index is 1950. The number of hydrogen-bond donors (Lipinski definition) is 0. The first-order valence-electron chi connectivity index (χ1n) is 13.4. The van der Waals surface area contributed by atoms with Crippen molar-refractivity contribution in [2.45, 2.75) is 6.85 Å². The molecule has 0 unspecified atom stereocenters. The van der Waals surface area contributed by atoms with Crippen LogP contribution < -0.4 is 0 Å². The third-order valence-electron chi connectivity index (χ3n) is 6.82. The van der Waals surface area contributed by atoms with Gasteiger partial charge in [-0.3, -0.25) is 9.55 Å². The molecule has 2 heterocycles. The highest BCUT2D eigenvalue weighted by Gasteiger charge is 2.20. The number of benzene rings is 5. The molecule has 7 rings (SSSR count). The Morgan fingerprint density at radius 2 is 1.22 bits per heavy atom. The summed E-state index contributed by atoms with van der Waals surface area (Å²) in [4.78, 5) is 9.25. The minimum atomic E-state index is -2.40. The Kier molecular flexibility index (Phi) is 4.01. The largest absolute Gasteiger partial charge is 0.295 e. The van der Waals surface area contributed by atoms with Crippen molar-refractivity contribution in [3.63, 3.8) is 0 Å². The minimum Gasteiger partial charge on any atom is -0.295 e. The molecule has 0 radical (unpaired) electrons. The molecule has 0 aliphatic rings. The lowest BCUT2D eigenvalue weighted by molar-refractivity contribution is 1.02. The molecule has 2 aromatic heterocycles. The van der Waals surface area contributed by atoms with Crippen LogP contribution in [0.5, 0.6) is 0 Å². The van der Waals surface area contributed by atoms with E-state index in [0.717, 1.165) is 55.1 Å². The fraction of sp³-hybridized carbons (Fsp3) is 0.0303. The van der Waals surface area contributed by atoms with Crippen molar-refractivity contribution in [2.75, 3.05) is 0 Å². The average molecular weight is 465 g/mol. The normalized spacial score (nSPS) is 13.1. The number of fused-ring (bicyclic) bond motifs is 3. The van der Waals surface area contributed by atoms with Crippen molar-refractivity contribution < 1.29 is 4.11 Å². The van der Waals surface area contributed by atoms with E-state index < -0.39 is 6.85 Å². The topological polar surface area (TPSA) is 30.7 Å². The van der Waals surface area contributed by atoms with Crippen LogP contribution in [0.15, 0.2) is 121 Å². The van der Waals surface area contributed by atoms with Gasteiger partial charge in [-0.25, -0.2) is 4.98 Å². The zero-order valence-corrected chi connectivity index (χ0v) is 19.4. The summed E-state index contributed by atoms with van der Waals surface area (Å²) in [5.74, 6) is 0.0561. The van der Waals surface area contributed by atoms with Crippen LogP contribution >= 0.6 is 0 Å². The molecular formula is C33H23N3. The molecule has 0 fully saturated rings. The molecule has 7 aromatic rings. The molecular weight excluding hydrogens is 438 g/mol. The minimum absolute atomic E-state index is 0.0561. The first-order chi connectivity index (χ1) is 19.0. The Balaban J connectivity index is 1.67. The molecule has 0 spiro atoms. The molecule has 5 aromatic carbocycles. The molecule has 3 heteroatoms. The second kappa shape index (κ2) is 8.17. The molecule has 0 amide bonds. The maximum atomic E-state index is 8.35. The zero-order valence-electron chi connectivity index (χ0n) is 22.4. The highest BCUT2D eigenvalue weighted by atomic mass is 15.1. The average Bonchev–Trinajstić information content (AvgIpc) is 3.36. The standard InChI is InChI=1S/C33H23N3/c1-22-35-30-19-8-9-20-31(30)36(22)33-27-16-6-4-14-25(27)32(26-15-5-7-17-28(26)33)24-13-3-2-12-23(24)29-18-10-11-21-34-29/h2-21H,1H3/i1D3. The van der Waals surface area contributed by atoms with Crippen molar-refractivity contribution >= 4 is 32.6 Å². The summed E-state index contributed by atoms with van der Waals surface area (Å²) in [6, 6.07) is 38.3. The van der Waals surface area contributed by atoms with Gasteiger partial charge in [-0.2, -0.15) is 0 Å².